The summed E-state index contributed by atoms with van der Waals surface area (Å²) in [4.78, 5) is 28.2. The Labute approximate surface area is 219 Å². The summed E-state index contributed by atoms with van der Waals surface area (Å²) in [5.74, 6) is -0.416. The monoisotopic (exact) mass is 549 g/mol. The van der Waals surface area contributed by atoms with Crippen molar-refractivity contribution in [2.75, 3.05) is 11.5 Å². The zero-order valence-corrected chi connectivity index (χ0v) is 22.2. The molecule has 1 amide bonds. The average Bonchev–Trinajstić information content (AvgIpc) is 3.11. The van der Waals surface area contributed by atoms with E-state index in [1.54, 1.807) is 48.5 Å². The smallest absolute Gasteiger partial charge is 0.300 e. The van der Waals surface area contributed by atoms with Crippen molar-refractivity contribution in [3.05, 3.63) is 93.5 Å². The molecule has 36 heavy (non-hydrogen) atoms. The third-order valence-electron chi connectivity index (χ3n) is 5.85. The Hall–Kier alpha value is -3.58. The summed E-state index contributed by atoms with van der Waals surface area (Å²) in [5.41, 5.74) is 2.55. The average molecular weight is 550 g/mol. The van der Waals surface area contributed by atoms with Gasteiger partial charge in [-0.25, -0.2) is 0 Å². The van der Waals surface area contributed by atoms with Gasteiger partial charge in [0.2, 0.25) is 0 Å². The van der Waals surface area contributed by atoms with Crippen LogP contribution in [0.3, 0.4) is 0 Å². The standard InChI is InChI=1S/C29H28BrNO5/c1-5-35-22-12-10-21(11-13-22)31-26(19-7-6-8-23(16-19)36-17(2)3)25(28(33)29(31)34)27(32)20-9-14-24(30)18(4)15-20/h6-17,26,32H,5H2,1-4H3/b27-25-. The number of Topliss-reactive ketones (excluding diaryl/α,β-unsaturated/α-hetero) is 1. The molecule has 1 N–H and O–H groups in total. The first kappa shape index (κ1) is 25.5. The fourth-order valence-electron chi connectivity index (χ4n) is 4.26. The molecule has 0 aromatic heterocycles. The van der Waals surface area contributed by atoms with Crippen LogP contribution < -0.4 is 14.4 Å². The van der Waals surface area contributed by atoms with Crippen LogP contribution in [0.5, 0.6) is 11.5 Å². The first-order valence-corrected chi connectivity index (χ1v) is 12.6. The number of carbonyl (C=O) groups excluding carboxylic acids is 2. The van der Waals surface area contributed by atoms with E-state index in [-0.39, 0.29) is 17.4 Å². The van der Waals surface area contributed by atoms with Crippen LogP contribution in [-0.2, 0) is 9.59 Å². The second-order valence-electron chi connectivity index (χ2n) is 8.80. The molecule has 7 heteroatoms. The molecule has 0 radical (unpaired) electrons. The number of amides is 1. The van der Waals surface area contributed by atoms with Crippen LogP contribution >= 0.6 is 15.9 Å². The molecular formula is C29H28BrNO5. The SMILES string of the molecule is CCOc1ccc(N2C(=O)C(=O)/C(=C(\O)c3ccc(Br)c(C)c3)C2c2cccc(OC(C)C)c2)cc1. The lowest BCUT2D eigenvalue weighted by Crippen LogP contribution is -2.29. The van der Waals surface area contributed by atoms with E-state index in [2.05, 4.69) is 15.9 Å². The molecule has 1 saturated heterocycles. The van der Waals surface area contributed by atoms with E-state index in [4.69, 9.17) is 9.47 Å². The van der Waals surface area contributed by atoms with E-state index in [0.29, 0.717) is 34.9 Å². The van der Waals surface area contributed by atoms with Gasteiger partial charge < -0.3 is 14.6 Å². The van der Waals surface area contributed by atoms with Crippen molar-refractivity contribution in [2.45, 2.75) is 39.8 Å². The molecule has 1 unspecified atom stereocenters. The molecule has 3 aromatic rings. The minimum atomic E-state index is -0.845. The third-order valence-corrected chi connectivity index (χ3v) is 6.74. The molecule has 1 fully saturated rings. The first-order valence-electron chi connectivity index (χ1n) is 11.8. The molecule has 0 spiro atoms. The largest absolute Gasteiger partial charge is 0.507 e. The Morgan fingerprint density at radius 3 is 2.39 bits per heavy atom. The Morgan fingerprint density at radius 2 is 1.75 bits per heavy atom. The summed E-state index contributed by atoms with van der Waals surface area (Å²) in [7, 11) is 0. The Bertz CT molecular complexity index is 1330. The van der Waals surface area contributed by atoms with Crippen molar-refractivity contribution in [2.24, 2.45) is 0 Å². The van der Waals surface area contributed by atoms with Gasteiger partial charge in [0.05, 0.1) is 24.3 Å². The van der Waals surface area contributed by atoms with Gasteiger partial charge in [-0.1, -0.05) is 34.1 Å². The second kappa shape index (κ2) is 10.6. The van der Waals surface area contributed by atoms with Gasteiger partial charge >= 0.3 is 0 Å². The Morgan fingerprint density at radius 1 is 1.03 bits per heavy atom. The second-order valence-corrected chi connectivity index (χ2v) is 9.65. The molecular weight excluding hydrogens is 522 g/mol. The summed E-state index contributed by atoms with van der Waals surface area (Å²) in [6.45, 7) is 8.15. The molecule has 0 aliphatic carbocycles. The fourth-order valence-corrected chi connectivity index (χ4v) is 4.51. The highest BCUT2D eigenvalue weighted by Gasteiger charge is 2.47. The lowest BCUT2D eigenvalue weighted by molar-refractivity contribution is -0.132. The van der Waals surface area contributed by atoms with Gasteiger partial charge in [0.25, 0.3) is 11.7 Å². The molecule has 0 saturated carbocycles. The summed E-state index contributed by atoms with van der Waals surface area (Å²) < 4.78 is 12.3. The number of aryl methyl sites for hydroxylation is 1. The maximum Gasteiger partial charge on any atom is 0.300 e. The quantitative estimate of drug-likeness (QED) is 0.205. The lowest BCUT2D eigenvalue weighted by Gasteiger charge is -2.26. The number of ketones is 1. The maximum atomic E-state index is 13.4. The highest BCUT2D eigenvalue weighted by atomic mass is 79.9. The number of rotatable bonds is 7. The van der Waals surface area contributed by atoms with Gasteiger partial charge in [-0.05, 0) is 87.4 Å². The summed E-state index contributed by atoms with van der Waals surface area (Å²) in [6, 6.07) is 18.7. The van der Waals surface area contributed by atoms with Crippen molar-refractivity contribution in [1.82, 2.24) is 0 Å². The minimum absolute atomic E-state index is 0.0253. The molecule has 3 aromatic carbocycles. The van der Waals surface area contributed by atoms with Crippen molar-refractivity contribution >= 4 is 39.1 Å². The summed E-state index contributed by atoms with van der Waals surface area (Å²) in [6.07, 6.45) is -0.0524. The number of aliphatic hydroxyl groups excluding tert-OH is 1. The van der Waals surface area contributed by atoms with E-state index >= 15 is 0 Å². The lowest BCUT2D eigenvalue weighted by atomic mass is 9.94. The van der Waals surface area contributed by atoms with E-state index < -0.39 is 17.7 Å². The van der Waals surface area contributed by atoms with Gasteiger partial charge in [0, 0.05) is 15.7 Å². The zero-order chi connectivity index (χ0) is 26.0. The number of ether oxygens (including phenoxy) is 2. The normalized spacial score (nSPS) is 17.1. The zero-order valence-electron chi connectivity index (χ0n) is 20.6. The number of benzene rings is 3. The van der Waals surface area contributed by atoms with Crippen LogP contribution in [0.25, 0.3) is 5.76 Å². The van der Waals surface area contributed by atoms with Crippen LogP contribution in [-0.4, -0.2) is 29.5 Å². The van der Waals surface area contributed by atoms with Gasteiger partial charge in [-0.15, -0.1) is 0 Å². The van der Waals surface area contributed by atoms with Crippen LogP contribution in [0.1, 0.15) is 43.5 Å². The predicted octanol–water partition coefficient (Wildman–Crippen LogP) is 6.57. The number of anilines is 1. The topological polar surface area (TPSA) is 76.1 Å². The van der Waals surface area contributed by atoms with Gasteiger partial charge in [-0.2, -0.15) is 0 Å². The maximum absolute atomic E-state index is 13.4. The van der Waals surface area contributed by atoms with E-state index in [0.717, 1.165) is 10.0 Å². The van der Waals surface area contributed by atoms with Crippen LogP contribution in [0.15, 0.2) is 76.8 Å². The van der Waals surface area contributed by atoms with Crippen LogP contribution in [0.2, 0.25) is 0 Å². The molecule has 6 nitrogen and oxygen atoms in total. The van der Waals surface area contributed by atoms with Crippen molar-refractivity contribution in [3.63, 3.8) is 0 Å². The van der Waals surface area contributed by atoms with Crippen molar-refractivity contribution in [1.29, 1.82) is 0 Å². The van der Waals surface area contributed by atoms with E-state index in [1.165, 1.54) is 4.90 Å². The highest BCUT2D eigenvalue weighted by Crippen LogP contribution is 2.43. The van der Waals surface area contributed by atoms with Crippen LogP contribution in [0.4, 0.5) is 5.69 Å². The molecule has 1 heterocycles. The van der Waals surface area contributed by atoms with E-state index in [1.807, 2.05) is 45.9 Å². The van der Waals surface area contributed by atoms with Crippen molar-refractivity contribution in [3.8, 4) is 11.5 Å². The number of aliphatic hydroxyl groups is 1. The molecule has 1 aliphatic heterocycles. The van der Waals surface area contributed by atoms with Crippen molar-refractivity contribution < 1.29 is 24.2 Å². The summed E-state index contributed by atoms with van der Waals surface area (Å²) >= 11 is 3.47. The summed E-state index contributed by atoms with van der Waals surface area (Å²) in [5, 5.41) is 11.4. The molecule has 4 rings (SSSR count). The predicted molar refractivity (Wildman–Crippen MR) is 143 cm³/mol. The first-order chi connectivity index (χ1) is 17.2. The Balaban J connectivity index is 1.90. The molecule has 1 atom stereocenters. The molecule has 0 bridgehead atoms. The number of hydrogen-bond acceptors (Lipinski definition) is 5. The fraction of sp³-hybridized carbons (Fsp3) is 0.241. The third kappa shape index (κ3) is 5.02. The minimum Gasteiger partial charge on any atom is -0.507 e. The molecule has 186 valence electrons. The number of hydrogen-bond donors (Lipinski definition) is 1. The number of nitrogens with zero attached hydrogens (tertiary/aromatic N) is 1. The Kier molecular flexibility index (Phi) is 7.50. The van der Waals surface area contributed by atoms with E-state index in [9.17, 15) is 14.7 Å². The van der Waals surface area contributed by atoms with Gasteiger partial charge in [0.15, 0.2) is 0 Å². The van der Waals surface area contributed by atoms with Gasteiger partial charge in [0.1, 0.15) is 17.3 Å². The number of halogens is 1. The van der Waals surface area contributed by atoms with Gasteiger partial charge in [-0.3, -0.25) is 14.5 Å². The highest BCUT2D eigenvalue weighted by molar-refractivity contribution is 9.10. The molecule has 1 aliphatic rings. The van der Waals surface area contributed by atoms with Crippen LogP contribution in [0, 0.1) is 6.92 Å². The number of carbonyl (C=O) groups is 2.